The zero-order valence-electron chi connectivity index (χ0n) is 17.6. The van der Waals surface area contributed by atoms with Crippen molar-refractivity contribution in [3.63, 3.8) is 0 Å². The van der Waals surface area contributed by atoms with Gasteiger partial charge in [0.25, 0.3) is 0 Å². The molecule has 1 aliphatic carbocycles. The van der Waals surface area contributed by atoms with Crippen molar-refractivity contribution in [1.29, 1.82) is 0 Å². The number of hydrogen-bond donors (Lipinski definition) is 2. The first kappa shape index (κ1) is 20.4. The highest BCUT2D eigenvalue weighted by molar-refractivity contribution is 6.30. The number of benzene rings is 2. The Morgan fingerprint density at radius 1 is 1.09 bits per heavy atom. The van der Waals surface area contributed by atoms with Crippen LogP contribution in [0.2, 0.25) is 5.02 Å². The molecule has 9 heteroatoms. The van der Waals surface area contributed by atoms with Crippen molar-refractivity contribution >= 4 is 29.3 Å². The lowest BCUT2D eigenvalue weighted by Gasteiger charge is -2.35. The Morgan fingerprint density at radius 2 is 1.91 bits per heavy atom. The molecular weight excluding hydrogens is 430 g/mol. The summed E-state index contributed by atoms with van der Waals surface area (Å²) in [7, 11) is 3.20. The number of nitrogens with two attached hydrogens (primary N) is 1. The Kier molecular flexibility index (Phi) is 5.01. The van der Waals surface area contributed by atoms with Crippen LogP contribution in [0.25, 0.3) is 0 Å². The summed E-state index contributed by atoms with van der Waals surface area (Å²) in [6.45, 7) is 0. The van der Waals surface area contributed by atoms with Crippen molar-refractivity contribution in [3.8, 4) is 11.5 Å². The minimum absolute atomic E-state index is 0.0135. The molecule has 5 rings (SSSR count). The van der Waals surface area contributed by atoms with E-state index in [0.717, 1.165) is 16.8 Å². The molecular formula is C23H22ClN5O3. The van der Waals surface area contributed by atoms with E-state index >= 15 is 0 Å². The number of aromatic nitrogens is 3. The number of nitrogen functional groups attached to an aromatic ring is 1. The van der Waals surface area contributed by atoms with Gasteiger partial charge in [-0.05, 0) is 47.7 Å². The predicted molar refractivity (Wildman–Crippen MR) is 121 cm³/mol. The average molecular weight is 452 g/mol. The van der Waals surface area contributed by atoms with Crippen LogP contribution in [-0.2, 0) is 4.79 Å². The number of methoxy groups -OCH3 is 2. The summed E-state index contributed by atoms with van der Waals surface area (Å²) >= 11 is 6.26. The van der Waals surface area contributed by atoms with Crippen molar-refractivity contribution in [2.24, 2.45) is 0 Å². The number of hydrogen-bond acceptors (Lipinski definition) is 7. The highest BCUT2D eigenvalue weighted by atomic mass is 35.5. The van der Waals surface area contributed by atoms with E-state index in [2.05, 4.69) is 15.4 Å². The van der Waals surface area contributed by atoms with Gasteiger partial charge in [-0.1, -0.05) is 29.8 Å². The number of ether oxygens (including phenoxy) is 2. The maximum atomic E-state index is 13.5. The van der Waals surface area contributed by atoms with E-state index in [0.29, 0.717) is 40.9 Å². The predicted octanol–water partition coefficient (Wildman–Crippen LogP) is 3.95. The molecule has 1 aliphatic heterocycles. The molecule has 2 heterocycles. The third kappa shape index (κ3) is 3.36. The van der Waals surface area contributed by atoms with E-state index in [9.17, 15) is 4.79 Å². The van der Waals surface area contributed by atoms with Crippen molar-refractivity contribution < 1.29 is 14.3 Å². The van der Waals surface area contributed by atoms with Crippen LogP contribution in [0.3, 0.4) is 0 Å². The Morgan fingerprint density at radius 3 is 2.66 bits per heavy atom. The fourth-order valence-corrected chi connectivity index (χ4v) is 4.75. The largest absolute Gasteiger partial charge is 0.493 e. The quantitative estimate of drug-likeness (QED) is 0.618. The normalized spacial score (nSPS) is 19.8. The lowest BCUT2D eigenvalue weighted by molar-refractivity contribution is -0.116. The molecule has 2 aromatic carbocycles. The zero-order chi connectivity index (χ0) is 22.4. The van der Waals surface area contributed by atoms with Gasteiger partial charge >= 0.3 is 0 Å². The summed E-state index contributed by atoms with van der Waals surface area (Å²) in [5.74, 6) is 1.97. The second-order valence-electron chi connectivity index (χ2n) is 7.86. The zero-order valence-corrected chi connectivity index (χ0v) is 18.4. The maximum Gasteiger partial charge on any atom is 0.241 e. The molecule has 0 radical (unpaired) electrons. The van der Waals surface area contributed by atoms with E-state index in [1.54, 1.807) is 25.0 Å². The molecule has 0 fully saturated rings. The van der Waals surface area contributed by atoms with Gasteiger partial charge in [-0.25, -0.2) is 4.68 Å². The number of halogens is 1. The van der Waals surface area contributed by atoms with E-state index in [1.165, 1.54) is 0 Å². The third-order valence-corrected chi connectivity index (χ3v) is 6.21. The molecule has 3 aromatic rings. The van der Waals surface area contributed by atoms with Crippen LogP contribution in [-0.4, -0.2) is 34.8 Å². The molecule has 164 valence electrons. The van der Waals surface area contributed by atoms with Gasteiger partial charge in [0.05, 0.1) is 14.2 Å². The summed E-state index contributed by atoms with van der Waals surface area (Å²) in [4.78, 5) is 17.8. The highest BCUT2D eigenvalue weighted by Gasteiger charge is 2.39. The summed E-state index contributed by atoms with van der Waals surface area (Å²) < 4.78 is 12.5. The molecule has 0 bridgehead atoms. The molecule has 32 heavy (non-hydrogen) atoms. The second kappa shape index (κ2) is 7.87. The van der Waals surface area contributed by atoms with Crippen LogP contribution in [0.5, 0.6) is 11.5 Å². The number of allylic oxidation sites excluding steroid dienone is 2. The number of rotatable bonds is 4. The number of fused-ring (bicyclic) bond motifs is 1. The number of carbonyl (C=O) groups is 1. The number of Topliss-reactive ketones (excluding diaryl/α,β-unsaturated/α-hetero) is 1. The molecule has 0 saturated carbocycles. The smallest absolute Gasteiger partial charge is 0.241 e. The van der Waals surface area contributed by atoms with Crippen LogP contribution < -0.4 is 20.5 Å². The van der Waals surface area contributed by atoms with Crippen LogP contribution in [0.4, 0.5) is 11.9 Å². The van der Waals surface area contributed by atoms with Gasteiger partial charge in [-0.3, -0.25) is 4.79 Å². The number of nitrogens with zero attached hydrogens (tertiary/aromatic N) is 3. The molecule has 0 spiro atoms. The van der Waals surface area contributed by atoms with Crippen LogP contribution in [0.15, 0.2) is 53.7 Å². The molecule has 1 aromatic heterocycles. The Labute approximate surface area is 190 Å². The van der Waals surface area contributed by atoms with Gasteiger partial charge in [0, 0.05) is 22.7 Å². The SMILES string of the molecule is COc1ccc([C@@H]2CC(=O)C3=C(C2)Nc2nc(N)nn2[C@@H]3c2cccc(Cl)c2)cc1OC. The minimum Gasteiger partial charge on any atom is -0.493 e. The van der Waals surface area contributed by atoms with Crippen LogP contribution >= 0.6 is 11.6 Å². The van der Waals surface area contributed by atoms with Crippen molar-refractivity contribution in [2.45, 2.75) is 24.8 Å². The second-order valence-corrected chi connectivity index (χ2v) is 8.29. The van der Waals surface area contributed by atoms with Crippen molar-refractivity contribution in [2.75, 3.05) is 25.3 Å². The molecule has 0 saturated heterocycles. The van der Waals surface area contributed by atoms with E-state index < -0.39 is 6.04 Å². The van der Waals surface area contributed by atoms with Crippen LogP contribution in [0.1, 0.15) is 35.9 Å². The molecule has 3 N–H and O–H groups in total. The van der Waals surface area contributed by atoms with Gasteiger partial charge in [-0.2, -0.15) is 4.98 Å². The van der Waals surface area contributed by atoms with Gasteiger partial charge in [0.15, 0.2) is 17.3 Å². The molecule has 2 atom stereocenters. The minimum atomic E-state index is -0.441. The first-order chi connectivity index (χ1) is 15.5. The van der Waals surface area contributed by atoms with Crippen LogP contribution in [0, 0.1) is 0 Å². The lowest BCUT2D eigenvalue weighted by Crippen LogP contribution is -2.33. The maximum absolute atomic E-state index is 13.5. The summed E-state index contributed by atoms with van der Waals surface area (Å²) in [5.41, 5.74) is 9.25. The monoisotopic (exact) mass is 451 g/mol. The first-order valence-electron chi connectivity index (χ1n) is 10.2. The van der Waals surface area contributed by atoms with Crippen molar-refractivity contribution in [3.05, 3.63) is 69.9 Å². The van der Waals surface area contributed by atoms with E-state index in [1.807, 2.05) is 36.4 Å². The average Bonchev–Trinajstić information content (AvgIpc) is 3.16. The Balaban J connectivity index is 1.58. The first-order valence-corrected chi connectivity index (χ1v) is 10.6. The molecule has 0 amide bonds. The summed E-state index contributed by atoms with van der Waals surface area (Å²) in [5, 5.41) is 8.23. The molecule has 8 nitrogen and oxygen atoms in total. The summed E-state index contributed by atoms with van der Waals surface area (Å²) in [6, 6.07) is 12.8. The number of carbonyl (C=O) groups excluding carboxylic acids is 1. The van der Waals surface area contributed by atoms with Gasteiger partial charge in [-0.15, -0.1) is 5.10 Å². The number of ketones is 1. The number of nitrogens with one attached hydrogen (secondary N) is 1. The van der Waals surface area contributed by atoms with Gasteiger partial charge in [0.2, 0.25) is 11.9 Å². The van der Waals surface area contributed by atoms with Gasteiger partial charge < -0.3 is 20.5 Å². The third-order valence-electron chi connectivity index (χ3n) is 5.98. The fourth-order valence-electron chi connectivity index (χ4n) is 4.56. The fraction of sp³-hybridized carbons (Fsp3) is 0.261. The summed E-state index contributed by atoms with van der Waals surface area (Å²) in [6.07, 6.45) is 1.01. The van der Waals surface area contributed by atoms with Crippen molar-refractivity contribution in [1.82, 2.24) is 14.8 Å². The molecule has 2 aliphatic rings. The Hall–Kier alpha value is -3.52. The van der Waals surface area contributed by atoms with E-state index in [4.69, 9.17) is 26.8 Å². The Bertz CT molecular complexity index is 1250. The highest BCUT2D eigenvalue weighted by Crippen LogP contribution is 2.45. The lowest BCUT2D eigenvalue weighted by atomic mass is 9.78. The topological polar surface area (TPSA) is 104 Å². The standard InChI is InChI=1S/C23H22ClN5O3/c1-31-18-7-6-12(11-19(18)32-2)14-9-16-20(17(30)10-14)21(13-4-3-5-15(24)8-13)29-23(26-16)27-22(25)28-29/h3-8,11,14,21H,9-10H2,1-2H3,(H3,25,26,27,28)/t14-,21+/m0/s1. The van der Waals surface area contributed by atoms with E-state index in [-0.39, 0.29) is 17.6 Å². The molecule has 0 unspecified atom stereocenters. The van der Waals surface area contributed by atoms with Gasteiger partial charge in [0.1, 0.15) is 6.04 Å². The number of anilines is 2.